The number of furan rings is 1. The van der Waals surface area contributed by atoms with Gasteiger partial charge in [-0.3, -0.25) is 9.97 Å². The van der Waals surface area contributed by atoms with E-state index in [-0.39, 0.29) is 10.8 Å². The van der Waals surface area contributed by atoms with Crippen molar-refractivity contribution >= 4 is 33.0 Å². The van der Waals surface area contributed by atoms with E-state index in [0.717, 1.165) is 44.2 Å². The molecule has 0 saturated heterocycles. The molecule has 10 rings (SSSR count). The molecule has 4 aromatic heterocycles. The fourth-order valence-electron chi connectivity index (χ4n) is 7.54. The maximum Gasteiger partial charge on any atom is 0.162 e. The number of hydrogen-bond donors (Lipinski definition) is 1. The van der Waals surface area contributed by atoms with Crippen LogP contribution < -0.4 is 0 Å². The van der Waals surface area contributed by atoms with Crippen LogP contribution in [0.3, 0.4) is 0 Å². The maximum absolute atomic E-state index is 6.43. The highest BCUT2D eigenvalue weighted by Gasteiger charge is 2.55. The average molecular weight is 490 g/mol. The molecular weight excluding hydrogens is 466 g/mol. The van der Waals surface area contributed by atoms with Crippen LogP contribution in [0, 0.1) is 0 Å². The molecular formula is C34H23N3O. The molecule has 0 saturated carbocycles. The first-order valence-corrected chi connectivity index (χ1v) is 13.1. The molecule has 0 radical (unpaired) electrons. The number of H-pyrrole nitrogens is 1. The van der Waals surface area contributed by atoms with Crippen LogP contribution in [0.5, 0.6) is 0 Å². The molecule has 3 aliphatic rings. The van der Waals surface area contributed by atoms with Crippen LogP contribution in [0.2, 0.25) is 0 Å². The minimum absolute atomic E-state index is 0.242. The lowest BCUT2D eigenvalue weighted by Crippen LogP contribution is -2.48. The number of hydrogen-bond acceptors (Lipinski definition) is 3. The Balaban J connectivity index is 1.34. The zero-order chi connectivity index (χ0) is 25.2. The second-order valence-electron chi connectivity index (χ2n) is 11.0. The summed E-state index contributed by atoms with van der Waals surface area (Å²) in [5.41, 5.74) is 13.5. The van der Waals surface area contributed by atoms with E-state index in [9.17, 15) is 0 Å². The minimum atomic E-state index is -0.310. The van der Waals surface area contributed by atoms with Gasteiger partial charge in [-0.1, -0.05) is 54.6 Å². The second kappa shape index (κ2) is 6.59. The van der Waals surface area contributed by atoms with E-state index in [2.05, 4.69) is 96.6 Å². The molecule has 0 unspecified atom stereocenters. The summed E-state index contributed by atoms with van der Waals surface area (Å²) in [6.45, 7) is 4.75. The molecule has 0 atom stereocenters. The number of fused-ring (bicyclic) bond motifs is 5. The molecule has 180 valence electrons. The summed E-state index contributed by atoms with van der Waals surface area (Å²) in [6, 6.07) is 28.6. The standard InChI is InChI=1S/C34H23N3O/c1-33-22-7-3-5-9-24(22)34(2,25-10-6-4-8-23(25)33)29-26(33)13-16-36-30(29)19-11-12-20-28(17-19)38-32-21-18-35-15-14-27(21)37-31(20)32/h3-18,37H,1-2H3. The predicted octanol–water partition coefficient (Wildman–Crippen LogP) is 7.86. The summed E-state index contributed by atoms with van der Waals surface area (Å²) in [5, 5.41) is 2.07. The van der Waals surface area contributed by atoms with Gasteiger partial charge >= 0.3 is 0 Å². The molecule has 0 spiro atoms. The Morgan fingerprint density at radius 3 is 2.16 bits per heavy atom. The number of rotatable bonds is 1. The highest BCUT2D eigenvalue weighted by molar-refractivity contribution is 6.14. The molecule has 2 bridgehead atoms. The van der Waals surface area contributed by atoms with Crippen LogP contribution in [-0.2, 0) is 10.8 Å². The van der Waals surface area contributed by atoms with Crippen molar-refractivity contribution in [2.75, 3.05) is 0 Å². The first-order valence-electron chi connectivity index (χ1n) is 13.1. The van der Waals surface area contributed by atoms with Crippen LogP contribution in [0.15, 0.2) is 102 Å². The van der Waals surface area contributed by atoms with Crippen LogP contribution in [-0.4, -0.2) is 15.0 Å². The summed E-state index contributed by atoms with van der Waals surface area (Å²) in [6.07, 6.45) is 5.64. The van der Waals surface area contributed by atoms with Crippen molar-refractivity contribution in [3.05, 3.63) is 131 Å². The van der Waals surface area contributed by atoms with Gasteiger partial charge in [-0.05, 0) is 71.5 Å². The van der Waals surface area contributed by atoms with E-state index in [0.29, 0.717) is 0 Å². The molecule has 3 aromatic carbocycles. The van der Waals surface area contributed by atoms with Gasteiger partial charge in [-0.15, -0.1) is 0 Å². The van der Waals surface area contributed by atoms with E-state index in [4.69, 9.17) is 9.40 Å². The Bertz CT molecular complexity index is 2080. The van der Waals surface area contributed by atoms with Crippen molar-refractivity contribution in [3.8, 4) is 11.3 Å². The van der Waals surface area contributed by atoms with Crippen molar-refractivity contribution in [3.63, 3.8) is 0 Å². The van der Waals surface area contributed by atoms with Crippen LogP contribution in [0.1, 0.15) is 47.2 Å². The van der Waals surface area contributed by atoms with Crippen molar-refractivity contribution < 1.29 is 4.42 Å². The lowest BCUT2D eigenvalue weighted by molar-refractivity contribution is 0.510. The summed E-state index contributed by atoms with van der Waals surface area (Å²) in [7, 11) is 0. The van der Waals surface area contributed by atoms with Crippen LogP contribution >= 0.6 is 0 Å². The zero-order valence-electron chi connectivity index (χ0n) is 21.0. The van der Waals surface area contributed by atoms with E-state index in [1.165, 1.54) is 33.4 Å². The molecule has 38 heavy (non-hydrogen) atoms. The van der Waals surface area contributed by atoms with Gasteiger partial charge < -0.3 is 9.40 Å². The average Bonchev–Trinajstić information content (AvgIpc) is 3.51. The molecule has 4 heterocycles. The molecule has 0 aliphatic heterocycles. The van der Waals surface area contributed by atoms with Crippen molar-refractivity contribution in [2.45, 2.75) is 24.7 Å². The molecule has 0 amide bonds. The Labute approximate surface area is 219 Å². The lowest BCUT2D eigenvalue weighted by atomic mass is 9.48. The quantitative estimate of drug-likeness (QED) is 0.255. The summed E-state index contributed by atoms with van der Waals surface area (Å²) >= 11 is 0. The Hall–Kier alpha value is -4.70. The predicted molar refractivity (Wildman–Crippen MR) is 151 cm³/mol. The van der Waals surface area contributed by atoms with E-state index in [1.807, 2.05) is 18.5 Å². The normalized spacial score (nSPS) is 21.1. The number of nitrogens with zero attached hydrogens (tertiary/aromatic N) is 2. The van der Waals surface area contributed by atoms with Gasteiger partial charge in [-0.2, -0.15) is 0 Å². The highest BCUT2D eigenvalue weighted by atomic mass is 16.3. The monoisotopic (exact) mass is 489 g/mol. The third-order valence-corrected chi connectivity index (χ3v) is 9.29. The van der Waals surface area contributed by atoms with E-state index in [1.54, 1.807) is 6.20 Å². The Morgan fingerprint density at radius 1 is 0.711 bits per heavy atom. The lowest BCUT2D eigenvalue weighted by Gasteiger charge is -2.54. The fraction of sp³-hybridized carbons (Fsp3) is 0.118. The SMILES string of the molecule is CC12c3ccccc3C(C)(c3ccccc31)c1c2ccnc1-c1ccc2c(c1)oc1c3cnccc3[nH]c21. The summed E-state index contributed by atoms with van der Waals surface area (Å²) < 4.78 is 6.43. The molecule has 1 N–H and O–H groups in total. The highest BCUT2D eigenvalue weighted by Crippen LogP contribution is 2.62. The number of aromatic amines is 1. The summed E-state index contributed by atoms with van der Waals surface area (Å²) in [4.78, 5) is 12.9. The largest absolute Gasteiger partial charge is 0.454 e. The van der Waals surface area contributed by atoms with Gasteiger partial charge in [0.2, 0.25) is 0 Å². The van der Waals surface area contributed by atoms with Crippen molar-refractivity contribution in [1.82, 2.24) is 15.0 Å². The van der Waals surface area contributed by atoms with Gasteiger partial charge in [0, 0.05) is 40.4 Å². The molecule has 7 aromatic rings. The first-order chi connectivity index (χ1) is 18.6. The van der Waals surface area contributed by atoms with Crippen molar-refractivity contribution in [1.29, 1.82) is 0 Å². The third kappa shape index (κ3) is 2.16. The van der Waals surface area contributed by atoms with Gasteiger partial charge in [0.05, 0.1) is 22.1 Å². The Kier molecular flexibility index (Phi) is 3.53. The van der Waals surface area contributed by atoms with Gasteiger partial charge in [0.15, 0.2) is 5.58 Å². The summed E-state index contributed by atoms with van der Waals surface area (Å²) in [5.74, 6) is 0. The van der Waals surface area contributed by atoms with Crippen LogP contribution in [0.4, 0.5) is 0 Å². The smallest absolute Gasteiger partial charge is 0.162 e. The minimum Gasteiger partial charge on any atom is -0.454 e. The molecule has 3 aliphatic carbocycles. The second-order valence-corrected chi connectivity index (χ2v) is 11.0. The van der Waals surface area contributed by atoms with E-state index >= 15 is 0 Å². The zero-order valence-corrected chi connectivity index (χ0v) is 21.0. The molecule has 0 fully saturated rings. The number of benzene rings is 3. The molecule has 4 nitrogen and oxygen atoms in total. The van der Waals surface area contributed by atoms with Gasteiger partial charge in [0.25, 0.3) is 0 Å². The third-order valence-electron chi connectivity index (χ3n) is 9.29. The number of aromatic nitrogens is 3. The topological polar surface area (TPSA) is 54.7 Å². The maximum atomic E-state index is 6.43. The number of pyridine rings is 2. The van der Waals surface area contributed by atoms with E-state index < -0.39 is 0 Å². The van der Waals surface area contributed by atoms with Crippen molar-refractivity contribution in [2.24, 2.45) is 0 Å². The first kappa shape index (κ1) is 20.4. The molecule has 4 heteroatoms. The number of nitrogens with one attached hydrogen (secondary N) is 1. The van der Waals surface area contributed by atoms with Crippen LogP contribution in [0.25, 0.3) is 44.2 Å². The van der Waals surface area contributed by atoms with Gasteiger partial charge in [-0.25, -0.2) is 0 Å². The fourth-order valence-corrected chi connectivity index (χ4v) is 7.54. The van der Waals surface area contributed by atoms with Gasteiger partial charge in [0.1, 0.15) is 5.58 Å². The Morgan fingerprint density at radius 2 is 1.42 bits per heavy atom.